The first kappa shape index (κ1) is 9.92. The maximum absolute atomic E-state index is 3.51. The van der Waals surface area contributed by atoms with Crippen LogP contribution in [-0.4, -0.2) is 4.98 Å². The van der Waals surface area contributed by atoms with E-state index in [1.165, 1.54) is 33.3 Å². The van der Waals surface area contributed by atoms with Crippen LogP contribution >= 0.6 is 0 Å². The van der Waals surface area contributed by atoms with Gasteiger partial charge in [-0.3, -0.25) is 0 Å². The Morgan fingerprint density at radius 2 is 1.83 bits per heavy atom. The summed E-state index contributed by atoms with van der Waals surface area (Å²) in [6, 6.07) is 17.2. The number of fused-ring (bicyclic) bond motifs is 2. The van der Waals surface area contributed by atoms with Crippen molar-refractivity contribution in [3.8, 4) is 11.3 Å². The van der Waals surface area contributed by atoms with Crippen LogP contribution in [0.1, 0.15) is 11.1 Å². The van der Waals surface area contributed by atoms with E-state index in [0.717, 1.165) is 13.1 Å². The average Bonchev–Trinajstić information content (AvgIpc) is 3.04. The third-order valence-corrected chi connectivity index (χ3v) is 3.71. The molecule has 3 aromatic rings. The van der Waals surface area contributed by atoms with Crippen molar-refractivity contribution in [3.63, 3.8) is 0 Å². The molecule has 2 heteroatoms. The van der Waals surface area contributed by atoms with Gasteiger partial charge in [0.15, 0.2) is 0 Å². The molecule has 18 heavy (non-hydrogen) atoms. The van der Waals surface area contributed by atoms with E-state index in [-0.39, 0.29) is 0 Å². The summed E-state index contributed by atoms with van der Waals surface area (Å²) in [6.07, 6.45) is 0. The number of H-pyrrole nitrogens is 1. The molecular weight excluding hydrogens is 220 g/mol. The van der Waals surface area contributed by atoms with Crippen molar-refractivity contribution < 1.29 is 0 Å². The summed E-state index contributed by atoms with van der Waals surface area (Å²) in [6.45, 7) is 1.96. The van der Waals surface area contributed by atoms with Gasteiger partial charge < -0.3 is 10.3 Å². The van der Waals surface area contributed by atoms with Gasteiger partial charge in [0.1, 0.15) is 0 Å². The van der Waals surface area contributed by atoms with E-state index in [0.29, 0.717) is 0 Å². The highest BCUT2D eigenvalue weighted by Gasteiger charge is 2.15. The largest absolute Gasteiger partial charge is 0.355 e. The first-order valence-electron chi connectivity index (χ1n) is 6.31. The summed E-state index contributed by atoms with van der Waals surface area (Å²) in [5.41, 5.74) is 6.61. The Morgan fingerprint density at radius 3 is 2.78 bits per heavy atom. The molecule has 88 valence electrons. The smallest absolute Gasteiger partial charge is 0.0468 e. The van der Waals surface area contributed by atoms with Gasteiger partial charge >= 0.3 is 0 Å². The van der Waals surface area contributed by atoms with Gasteiger partial charge in [-0.25, -0.2) is 0 Å². The van der Waals surface area contributed by atoms with E-state index in [1.54, 1.807) is 0 Å². The number of hydrogen-bond acceptors (Lipinski definition) is 1. The van der Waals surface area contributed by atoms with Crippen molar-refractivity contribution in [1.29, 1.82) is 0 Å². The van der Waals surface area contributed by atoms with Gasteiger partial charge in [-0.15, -0.1) is 0 Å². The maximum Gasteiger partial charge on any atom is 0.0468 e. The molecule has 0 spiro atoms. The van der Waals surface area contributed by atoms with Crippen LogP contribution in [0.3, 0.4) is 0 Å². The second-order valence-corrected chi connectivity index (χ2v) is 4.82. The zero-order chi connectivity index (χ0) is 11.9. The molecule has 1 aromatic heterocycles. The lowest BCUT2D eigenvalue weighted by molar-refractivity contribution is 0.765. The highest BCUT2D eigenvalue weighted by atomic mass is 14.9. The lowest BCUT2D eigenvalue weighted by atomic mass is 10.0. The zero-order valence-electron chi connectivity index (χ0n) is 10.0. The molecule has 0 aliphatic carbocycles. The summed E-state index contributed by atoms with van der Waals surface area (Å²) >= 11 is 0. The number of aromatic amines is 1. The van der Waals surface area contributed by atoms with Crippen LogP contribution in [0.5, 0.6) is 0 Å². The first-order valence-corrected chi connectivity index (χ1v) is 6.31. The predicted octanol–water partition coefficient (Wildman–Crippen LogP) is 3.44. The molecule has 0 unspecified atom stereocenters. The van der Waals surface area contributed by atoms with Crippen LogP contribution in [0, 0.1) is 0 Å². The van der Waals surface area contributed by atoms with Crippen molar-refractivity contribution in [1.82, 2.24) is 10.3 Å². The second-order valence-electron chi connectivity index (χ2n) is 4.82. The molecule has 2 nitrogen and oxygen atoms in total. The summed E-state index contributed by atoms with van der Waals surface area (Å²) in [7, 11) is 0. The fraction of sp³-hybridized carbons (Fsp3) is 0.125. The van der Waals surface area contributed by atoms with Crippen molar-refractivity contribution in [2.24, 2.45) is 0 Å². The maximum atomic E-state index is 3.51. The minimum absolute atomic E-state index is 0.973. The van der Waals surface area contributed by atoms with Crippen molar-refractivity contribution in [3.05, 3.63) is 59.7 Å². The van der Waals surface area contributed by atoms with Crippen LogP contribution < -0.4 is 5.32 Å². The Balaban J connectivity index is 1.95. The van der Waals surface area contributed by atoms with Gasteiger partial charge in [0, 0.05) is 35.2 Å². The van der Waals surface area contributed by atoms with E-state index in [2.05, 4.69) is 58.8 Å². The quantitative estimate of drug-likeness (QED) is 0.663. The second kappa shape index (κ2) is 3.72. The predicted molar refractivity (Wildman–Crippen MR) is 74.3 cm³/mol. The van der Waals surface area contributed by atoms with E-state index in [4.69, 9.17) is 0 Å². The molecular formula is C16H14N2. The van der Waals surface area contributed by atoms with E-state index < -0.39 is 0 Å². The summed E-state index contributed by atoms with van der Waals surface area (Å²) in [5.74, 6) is 0. The highest BCUT2D eigenvalue weighted by molar-refractivity contribution is 5.86. The summed E-state index contributed by atoms with van der Waals surface area (Å²) in [4.78, 5) is 3.51. The van der Waals surface area contributed by atoms with Gasteiger partial charge in [-0.05, 0) is 23.3 Å². The van der Waals surface area contributed by atoms with Crippen molar-refractivity contribution >= 4 is 10.9 Å². The molecule has 0 amide bonds. The molecule has 0 atom stereocenters. The standard InChI is InChI=1S/C16H14N2/c1-2-7-15-11(4-1)8-16(18-15)13-6-3-5-12-9-17-10-14(12)13/h1-8,17-18H,9-10H2. The fourth-order valence-corrected chi connectivity index (χ4v) is 2.80. The molecule has 4 rings (SSSR count). The summed E-state index contributed by atoms with van der Waals surface area (Å²) in [5, 5.41) is 4.69. The van der Waals surface area contributed by atoms with Crippen LogP contribution in [0.2, 0.25) is 0 Å². The lowest BCUT2D eigenvalue weighted by Crippen LogP contribution is -2.00. The third-order valence-electron chi connectivity index (χ3n) is 3.71. The molecule has 2 heterocycles. The molecule has 0 bridgehead atoms. The number of rotatable bonds is 1. The Morgan fingerprint density at radius 1 is 0.889 bits per heavy atom. The Bertz CT molecular complexity index is 692. The van der Waals surface area contributed by atoms with Gasteiger partial charge in [0.2, 0.25) is 0 Å². The van der Waals surface area contributed by atoms with Crippen molar-refractivity contribution in [2.75, 3.05) is 0 Å². The molecule has 0 saturated heterocycles. The molecule has 2 N–H and O–H groups in total. The lowest BCUT2D eigenvalue weighted by Gasteiger charge is -2.05. The minimum Gasteiger partial charge on any atom is -0.355 e. The molecule has 0 radical (unpaired) electrons. The fourth-order valence-electron chi connectivity index (χ4n) is 2.80. The molecule has 0 saturated carbocycles. The van der Waals surface area contributed by atoms with Crippen LogP contribution in [-0.2, 0) is 13.1 Å². The number of nitrogens with one attached hydrogen (secondary N) is 2. The number of aromatic nitrogens is 1. The topological polar surface area (TPSA) is 27.8 Å². The van der Waals surface area contributed by atoms with E-state index >= 15 is 0 Å². The van der Waals surface area contributed by atoms with Crippen LogP contribution in [0.25, 0.3) is 22.2 Å². The Hall–Kier alpha value is -2.06. The molecule has 0 fully saturated rings. The van der Waals surface area contributed by atoms with Crippen LogP contribution in [0.4, 0.5) is 0 Å². The van der Waals surface area contributed by atoms with E-state index in [9.17, 15) is 0 Å². The Kier molecular flexibility index (Phi) is 2.05. The Labute approximate surface area is 106 Å². The van der Waals surface area contributed by atoms with Gasteiger partial charge in [0.25, 0.3) is 0 Å². The number of para-hydroxylation sites is 1. The van der Waals surface area contributed by atoms with Crippen molar-refractivity contribution in [2.45, 2.75) is 13.1 Å². The average molecular weight is 234 g/mol. The molecule has 1 aliphatic heterocycles. The third kappa shape index (κ3) is 1.39. The molecule has 2 aromatic carbocycles. The van der Waals surface area contributed by atoms with Gasteiger partial charge in [-0.1, -0.05) is 36.4 Å². The van der Waals surface area contributed by atoms with E-state index in [1.807, 2.05) is 0 Å². The van der Waals surface area contributed by atoms with Crippen LogP contribution in [0.15, 0.2) is 48.5 Å². The normalized spacial score (nSPS) is 14.0. The monoisotopic (exact) mass is 234 g/mol. The first-order chi connectivity index (χ1) is 8.92. The number of hydrogen-bond donors (Lipinski definition) is 2. The van der Waals surface area contributed by atoms with Gasteiger partial charge in [0.05, 0.1) is 0 Å². The molecule has 1 aliphatic rings. The zero-order valence-corrected chi connectivity index (χ0v) is 10.0. The minimum atomic E-state index is 0.973. The van der Waals surface area contributed by atoms with Gasteiger partial charge in [-0.2, -0.15) is 0 Å². The highest BCUT2D eigenvalue weighted by Crippen LogP contribution is 2.30. The summed E-state index contributed by atoms with van der Waals surface area (Å²) < 4.78 is 0. The number of benzene rings is 2. The SMILES string of the molecule is c1cc2c(c(-c3cc4ccccc4[nH]3)c1)CNC2.